The second-order valence-electron chi connectivity index (χ2n) is 5.37. The average Bonchev–Trinajstić information content (AvgIpc) is 2.48. The van der Waals surface area contributed by atoms with E-state index in [1.54, 1.807) is 12.1 Å². The van der Waals surface area contributed by atoms with Crippen molar-refractivity contribution in [2.45, 2.75) is 38.2 Å². The zero-order valence-corrected chi connectivity index (χ0v) is 13.0. The molecule has 1 saturated carbocycles. The molecule has 0 aliphatic heterocycles. The van der Waals surface area contributed by atoms with E-state index in [0.29, 0.717) is 30.0 Å². The van der Waals surface area contributed by atoms with Gasteiger partial charge in [-0.3, -0.25) is 4.79 Å². The van der Waals surface area contributed by atoms with Crippen LogP contribution in [0.25, 0.3) is 0 Å². The van der Waals surface area contributed by atoms with Crippen LogP contribution < -0.4 is 10.6 Å². The van der Waals surface area contributed by atoms with Crippen molar-refractivity contribution >= 4 is 23.2 Å². The monoisotopic (exact) mass is 310 g/mol. The summed E-state index contributed by atoms with van der Waals surface area (Å²) >= 11 is 5.86. The van der Waals surface area contributed by atoms with E-state index in [0.717, 1.165) is 0 Å². The number of ether oxygens (including phenoxy) is 1. The molecule has 0 atom stereocenters. The van der Waals surface area contributed by atoms with Crippen LogP contribution in [0.2, 0.25) is 5.02 Å². The van der Waals surface area contributed by atoms with Crippen LogP contribution in [0.4, 0.5) is 5.69 Å². The Bertz CT molecular complexity index is 448. The van der Waals surface area contributed by atoms with Gasteiger partial charge in [-0.05, 0) is 31.0 Å². The first-order chi connectivity index (χ1) is 10.2. The maximum Gasteiger partial charge on any atom is 0.238 e. The molecular formula is C16H23ClN2O2. The fraction of sp³-hybridized carbons (Fsp3) is 0.562. The molecular weight excluding hydrogens is 288 g/mol. The van der Waals surface area contributed by atoms with E-state index in [-0.39, 0.29) is 12.5 Å². The number of hydrogen-bond acceptors (Lipinski definition) is 3. The van der Waals surface area contributed by atoms with Gasteiger partial charge in [-0.1, -0.05) is 36.9 Å². The molecule has 0 bridgehead atoms. The van der Waals surface area contributed by atoms with Crippen molar-refractivity contribution in [1.82, 2.24) is 5.32 Å². The maximum atomic E-state index is 11.7. The molecule has 0 spiro atoms. The first-order valence-electron chi connectivity index (χ1n) is 7.62. The number of halogens is 1. The van der Waals surface area contributed by atoms with Crippen LogP contribution in [0.15, 0.2) is 24.3 Å². The fourth-order valence-corrected chi connectivity index (χ4v) is 2.69. The van der Waals surface area contributed by atoms with Gasteiger partial charge in [0.25, 0.3) is 0 Å². The zero-order chi connectivity index (χ0) is 14.9. The molecule has 0 saturated heterocycles. The predicted octanol–water partition coefficient (Wildman–Crippen LogP) is 3.22. The van der Waals surface area contributed by atoms with Crippen molar-refractivity contribution in [2.24, 2.45) is 0 Å². The van der Waals surface area contributed by atoms with Crippen LogP contribution in [0.3, 0.4) is 0 Å². The van der Waals surface area contributed by atoms with Gasteiger partial charge in [0.05, 0.1) is 19.3 Å². The van der Waals surface area contributed by atoms with Gasteiger partial charge in [0, 0.05) is 17.3 Å². The Morgan fingerprint density at radius 2 is 2.10 bits per heavy atom. The van der Waals surface area contributed by atoms with E-state index in [1.807, 2.05) is 12.1 Å². The Kier molecular flexibility index (Phi) is 7.00. The molecule has 116 valence electrons. The van der Waals surface area contributed by atoms with Crippen LogP contribution in [0.1, 0.15) is 32.1 Å². The summed E-state index contributed by atoms with van der Waals surface area (Å²) < 4.78 is 5.79. The molecule has 0 heterocycles. The highest BCUT2D eigenvalue weighted by atomic mass is 35.5. The number of rotatable bonds is 7. The predicted molar refractivity (Wildman–Crippen MR) is 85.8 cm³/mol. The molecule has 2 N–H and O–H groups in total. The molecule has 0 unspecified atom stereocenters. The first-order valence-corrected chi connectivity index (χ1v) is 7.99. The molecule has 2 rings (SSSR count). The van der Waals surface area contributed by atoms with Crippen LogP contribution >= 0.6 is 11.6 Å². The third-order valence-corrected chi connectivity index (χ3v) is 3.81. The minimum absolute atomic E-state index is 0.0741. The van der Waals surface area contributed by atoms with Crippen LogP contribution in [0, 0.1) is 0 Å². The molecule has 0 radical (unpaired) electrons. The lowest BCUT2D eigenvalue weighted by Crippen LogP contribution is -2.31. The number of carbonyl (C=O) groups is 1. The normalized spacial score (nSPS) is 15.9. The summed E-state index contributed by atoms with van der Waals surface area (Å²) in [5.74, 6) is -0.0741. The first kappa shape index (κ1) is 16.3. The highest BCUT2D eigenvalue weighted by Crippen LogP contribution is 2.19. The number of nitrogens with one attached hydrogen (secondary N) is 2. The van der Waals surface area contributed by atoms with Gasteiger partial charge in [-0.25, -0.2) is 0 Å². The molecule has 4 nitrogen and oxygen atoms in total. The van der Waals surface area contributed by atoms with Gasteiger partial charge < -0.3 is 15.4 Å². The smallest absolute Gasteiger partial charge is 0.238 e. The van der Waals surface area contributed by atoms with E-state index in [1.165, 1.54) is 32.1 Å². The number of anilines is 1. The van der Waals surface area contributed by atoms with Crippen molar-refractivity contribution in [2.75, 3.05) is 25.0 Å². The van der Waals surface area contributed by atoms with E-state index in [4.69, 9.17) is 16.3 Å². The molecule has 1 aromatic carbocycles. The van der Waals surface area contributed by atoms with E-state index < -0.39 is 0 Å². The average molecular weight is 311 g/mol. The van der Waals surface area contributed by atoms with Gasteiger partial charge >= 0.3 is 0 Å². The molecule has 1 fully saturated rings. The Morgan fingerprint density at radius 3 is 2.86 bits per heavy atom. The summed E-state index contributed by atoms with van der Waals surface area (Å²) in [4.78, 5) is 11.7. The Hall–Kier alpha value is -1.10. The number of hydrogen-bond donors (Lipinski definition) is 2. The second kappa shape index (κ2) is 9.03. The van der Waals surface area contributed by atoms with Crippen molar-refractivity contribution in [3.63, 3.8) is 0 Å². The third-order valence-electron chi connectivity index (χ3n) is 3.58. The fourth-order valence-electron chi connectivity index (χ4n) is 2.50. The lowest BCUT2D eigenvalue weighted by atomic mass is 9.98. The minimum atomic E-state index is -0.0741. The standard InChI is InChI=1S/C16H23ClN2O2/c17-13-5-4-6-14(11-13)19-16(20)12-18-9-10-21-15-7-2-1-3-8-15/h4-6,11,15,18H,1-3,7-10,12H2,(H,19,20). The van der Waals surface area contributed by atoms with Crippen LogP contribution in [0.5, 0.6) is 0 Å². The lowest BCUT2D eigenvalue weighted by molar-refractivity contribution is -0.115. The maximum absolute atomic E-state index is 11.7. The molecule has 0 aromatic heterocycles. The van der Waals surface area contributed by atoms with Gasteiger partial charge in [-0.15, -0.1) is 0 Å². The van der Waals surface area contributed by atoms with E-state index in [2.05, 4.69) is 10.6 Å². The Labute approximate surface area is 131 Å². The SMILES string of the molecule is O=C(CNCCOC1CCCCC1)Nc1cccc(Cl)c1. The summed E-state index contributed by atoms with van der Waals surface area (Å²) in [7, 11) is 0. The minimum Gasteiger partial charge on any atom is -0.377 e. The third kappa shape index (κ3) is 6.46. The van der Waals surface area contributed by atoms with Crippen LogP contribution in [-0.2, 0) is 9.53 Å². The summed E-state index contributed by atoms with van der Waals surface area (Å²) in [6.07, 6.45) is 6.66. The van der Waals surface area contributed by atoms with Crippen molar-refractivity contribution in [3.8, 4) is 0 Å². The highest BCUT2D eigenvalue weighted by molar-refractivity contribution is 6.30. The number of carbonyl (C=O) groups excluding carboxylic acids is 1. The Balaban J connectivity index is 1.54. The lowest BCUT2D eigenvalue weighted by Gasteiger charge is -2.21. The van der Waals surface area contributed by atoms with Gasteiger partial charge in [0.2, 0.25) is 5.91 Å². The number of benzene rings is 1. The number of amides is 1. The zero-order valence-electron chi connectivity index (χ0n) is 12.2. The summed E-state index contributed by atoms with van der Waals surface area (Å²) in [6, 6.07) is 7.13. The molecule has 1 amide bonds. The van der Waals surface area contributed by atoms with E-state index >= 15 is 0 Å². The molecule has 5 heteroatoms. The molecule has 1 aromatic rings. The quantitative estimate of drug-likeness (QED) is 0.760. The van der Waals surface area contributed by atoms with Gasteiger partial charge in [-0.2, -0.15) is 0 Å². The highest BCUT2D eigenvalue weighted by Gasteiger charge is 2.13. The molecule has 1 aliphatic rings. The van der Waals surface area contributed by atoms with Gasteiger partial charge in [0.15, 0.2) is 0 Å². The van der Waals surface area contributed by atoms with E-state index in [9.17, 15) is 4.79 Å². The molecule has 1 aliphatic carbocycles. The summed E-state index contributed by atoms with van der Waals surface area (Å²) in [6.45, 7) is 1.63. The van der Waals surface area contributed by atoms with Crippen molar-refractivity contribution in [3.05, 3.63) is 29.3 Å². The largest absolute Gasteiger partial charge is 0.377 e. The van der Waals surface area contributed by atoms with Gasteiger partial charge in [0.1, 0.15) is 0 Å². The van der Waals surface area contributed by atoms with Crippen molar-refractivity contribution in [1.29, 1.82) is 0 Å². The topological polar surface area (TPSA) is 50.4 Å². The Morgan fingerprint density at radius 1 is 1.29 bits per heavy atom. The van der Waals surface area contributed by atoms with Crippen molar-refractivity contribution < 1.29 is 9.53 Å². The summed E-state index contributed by atoms with van der Waals surface area (Å²) in [5.41, 5.74) is 0.716. The molecule has 21 heavy (non-hydrogen) atoms. The van der Waals surface area contributed by atoms with Crippen LogP contribution in [-0.4, -0.2) is 31.7 Å². The second-order valence-corrected chi connectivity index (χ2v) is 5.80. The summed E-state index contributed by atoms with van der Waals surface area (Å²) in [5, 5.41) is 6.50.